The predicted molar refractivity (Wildman–Crippen MR) is 91.5 cm³/mol. The summed E-state index contributed by atoms with van der Waals surface area (Å²) in [4.78, 5) is 34.2. The number of nitrogens with zero attached hydrogens (tertiary/aromatic N) is 1. The van der Waals surface area contributed by atoms with Crippen LogP contribution in [0, 0.1) is 0 Å². The number of aldehydes is 1. The molecule has 1 aliphatic heterocycles. The van der Waals surface area contributed by atoms with Crippen molar-refractivity contribution in [2.45, 2.75) is 49.0 Å². The van der Waals surface area contributed by atoms with E-state index in [1.165, 1.54) is 0 Å². The van der Waals surface area contributed by atoms with Crippen molar-refractivity contribution >= 4 is 6.29 Å². The minimum Gasteiger partial charge on any atom is -0.394 e. The van der Waals surface area contributed by atoms with E-state index in [4.69, 9.17) is 35.4 Å². The van der Waals surface area contributed by atoms with E-state index in [-0.39, 0.29) is 6.29 Å². The highest BCUT2D eigenvalue weighted by molar-refractivity contribution is 5.56. The molecule has 0 spiro atoms. The molecule has 1 fully saturated rings. The van der Waals surface area contributed by atoms with Crippen molar-refractivity contribution in [2.24, 2.45) is 0 Å². The van der Waals surface area contributed by atoms with E-state index in [1.807, 2.05) is 4.98 Å². The molecule has 9 N–H and O–H groups in total. The summed E-state index contributed by atoms with van der Waals surface area (Å²) >= 11 is 0. The Morgan fingerprint density at radius 1 is 1.10 bits per heavy atom. The summed E-state index contributed by atoms with van der Waals surface area (Å²) in [6, 6.07) is 1.09. The molecule has 1 aromatic heterocycles. The van der Waals surface area contributed by atoms with Crippen LogP contribution in [0.25, 0.3) is 0 Å². The minimum atomic E-state index is -1.79. The normalized spacial score (nSPS) is 28.0. The molecule has 0 unspecified atom stereocenters. The summed E-state index contributed by atoms with van der Waals surface area (Å²) in [5, 5.41) is 71.6. The molecule has 1 aliphatic rings. The average molecular weight is 424 g/mol. The van der Waals surface area contributed by atoms with Crippen LogP contribution in [-0.4, -0.2) is 113 Å². The van der Waals surface area contributed by atoms with Crippen LogP contribution < -0.4 is 11.2 Å². The summed E-state index contributed by atoms with van der Waals surface area (Å²) < 4.78 is 6.08. The van der Waals surface area contributed by atoms with Crippen LogP contribution in [0.5, 0.6) is 0 Å². The Kier molecular flexibility index (Phi) is 9.71. The number of aromatic nitrogens is 2. The standard InChI is InChI=1S/C9H12N2O6.C6H12O6/c12-3-4-6(14)7(15)8(17-4)11-2-1-5(13)10-9(11)16;7-1-3(9)5(11)6(12)4(10)2-8/h1-2,4,6-8,12,14-15H,3H2,(H,10,13,16);1,3-6,8-12H,2H2/t4-,6-,7-,8-;3-,4+,5+,6+/m10/s1. The Hall–Kier alpha value is -2.01. The van der Waals surface area contributed by atoms with Gasteiger partial charge >= 0.3 is 5.69 Å². The smallest absolute Gasteiger partial charge is 0.330 e. The Bertz CT molecular complexity index is 751. The summed E-state index contributed by atoms with van der Waals surface area (Å²) in [6.07, 6.45) is -10.4. The topological polar surface area (TPSA) is 243 Å². The fourth-order valence-electron chi connectivity index (χ4n) is 2.36. The lowest BCUT2D eigenvalue weighted by Crippen LogP contribution is -2.46. The van der Waals surface area contributed by atoms with E-state index >= 15 is 0 Å². The van der Waals surface area contributed by atoms with Crippen LogP contribution in [0.2, 0.25) is 0 Å². The van der Waals surface area contributed by atoms with Gasteiger partial charge in [0.25, 0.3) is 5.56 Å². The molecule has 0 bridgehead atoms. The zero-order valence-electron chi connectivity index (χ0n) is 14.9. The molecule has 14 nitrogen and oxygen atoms in total. The lowest BCUT2D eigenvalue weighted by Gasteiger charge is -2.22. The summed E-state index contributed by atoms with van der Waals surface area (Å²) in [5.74, 6) is 0. The number of hydrogen-bond acceptors (Lipinski definition) is 12. The van der Waals surface area contributed by atoms with Gasteiger partial charge in [0, 0.05) is 12.3 Å². The number of aliphatic hydroxyl groups is 8. The average Bonchev–Trinajstić information content (AvgIpc) is 3.00. The number of carbonyl (C=O) groups excluding carboxylic acids is 1. The molecule has 14 heteroatoms. The predicted octanol–water partition coefficient (Wildman–Crippen LogP) is -6.23. The Balaban J connectivity index is 0.000000311. The molecule has 0 amide bonds. The molecule has 0 saturated carbocycles. The number of ether oxygens (including phenoxy) is 1. The number of nitrogens with one attached hydrogen (secondary N) is 1. The van der Waals surface area contributed by atoms with E-state index in [2.05, 4.69) is 0 Å². The first-order valence-electron chi connectivity index (χ1n) is 8.31. The van der Waals surface area contributed by atoms with Crippen LogP contribution in [0.1, 0.15) is 6.23 Å². The molecule has 0 aromatic carbocycles. The molecule has 0 aliphatic carbocycles. The second kappa shape index (κ2) is 11.2. The third-order valence-electron chi connectivity index (χ3n) is 4.06. The Morgan fingerprint density at radius 2 is 1.72 bits per heavy atom. The number of hydrogen-bond donors (Lipinski definition) is 9. The summed E-state index contributed by atoms with van der Waals surface area (Å²) in [7, 11) is 0. The largest absolute Gasteiger partial charge is 0.394 e. The maximum atomic E-state index is 11.4. The van der Waals surface area contributed by atoms with Gasteiger partial charge in [0.1, 0.15) is 42.7 Å². The van der Waals surface area contributed by atoms with Crippen molar-refractivity contribution in [1.82, 2.24) is 9.55 Å². The summed E-state index contributed by atoms with van der Waals surface area (Å²) in [5.41, 5.74) is -1.33. The van der Waals surface area contributed by atoms with Crippen molar-refractivity contribution in [1.29, 1.82) is 0 Å². The zero-order valence-corrected chi connectivity index (χ0v) is 14.9. The number of carbonyl (C=O) groups is 1. The van der Waals surface area contributed by atoms with Crippen molar-refractivity contribution < 1.29 is 50.4 Å². The van der Waals surface area contributed by atoms with Gasteiger partial charge in [0.2, 0.25) is 0 Å². The lowest BCUT2D eigenvalue weighted by molar-refractivity contribution is -0.136. The molecular formula is C15H24N2O12. The fraction of sp³-hybridized carbons (Fsp3) is 0.667. The van der Waals surface area contributed by atoms with E-state index in [0.29, 0.717) is 0 Å². The van der Waals surface area contributed by atoms with Gasteiger partial charge in [-0.1, -0.05) is 0 Å². The zero-order chi connectivity index (χ0) is 22.3. The molecular weight excluding hydrogens is 400 g/mol. The van der Waals surface area contributed by atoms with Crippen molar-refractivity contribution in [3.8, 4) is 0 Å². The van der Waals surface area contributed by atoms with E-state index in [1.54, 1.807) is 0 Å². The van der Waals surface area contributed by atoms with Crippen molar-refractivity contribution in [3.05, 3.63) is 33.1 Å². The van der Waals surface area contributed by atoms with Gasteiger partial charge in [-0.25, -0.2) is 4.79 Å². The first-order chi connectivity index (χ1) is 13.6. The molecule has 166 valence electrons. The van der Waals surface area contributed by atoms with Gasteiger partial charge in [-0.3, -0.25) is 14.3 Å². The lowest BCUT2D eigenvalue weighted by atomic mass is 10.0. The molecule has 1 saturated heterocycles. The van der Waals surface area contributed by atoms with Gasteiger partial charge in [-0.15, -0.1) is 0 Å². The number of rotatable bonds is 7. The molecule has 2 rings (SSSR count). The van der Waals surface area contributed by atoms with Gasteiger partial charge in [0.15, 0.2) is 12.5 Å². The maximum Gasteiger partial charge on any atom is 0.330 e. The monoisotopic (exact) mass is 424 g/mol. The first-order valence-corrected chi connectivity index (χ1v) is 8.31. The maximum absolute atomic E-state index is 11.4. The number of aromatic amines is 1. The number of H-pyrrole nitrogens is 1. The molecule has 0 radical (unpaired) electrons. The van der Waals surface area contributed by atoms with Crippen LogP contribution in [0.3, 0.4) is 0 Å². The highest BCUT2D eigenvalue weighted by Gasteiger charge is 2.43. The van der Waals surface area contributed by atoms with Crippen LogP contribution in [0.15, 0.2) is 21.9 Å². The molecule has 1 aromatic rings. The van der Waals surface area contributed by atoms with Gasteiger partial charge in [-0.2, -0.15) is 0 Å². The Morgan fingerprint density at radius 3 is 2.17 bits per heavy atom. The first kappa shape index (κ1) is 25.0. The second-order valence-electron chi connectivity index (χ2n) is 6.10. The van der Waals surface area contributed by atoms with Crippen LogP contribution in [-0.2, 0) is 9.53 Å². The third kappa shape index (κ3) is 6.23. The van der Waals surface area contributed by atoms with Crippen LogP contribution in [0.4, 0.5) is 0 Å². The number of aliphatic hydroxyl groups excluding tert-OH is 8. The highest BCUT2D eigenvalue weighted by atomic mass is 16.6. The van der Waals surface area contributed by atoms with Crippen molar-refractivity contribution in [3.63, 3.8) is 0 Å². The van der Waals surface area contributed by atoms with Crippen LogP contribution >= 0.6 is 0 Å². The van der Waals surface area contributed by atoms with Gasteiger partial charge < -0.3 is 50.4 Å². The minimum absolute atomic E-state index is 0.0258. The molecule has 2 heterocycles. The third-order valence-corrected chi connectivity index (χ3v) is 4.06. The van der Waals surface area contributed by atoms with E-state index in [9.17, 15) is 24.6 Å². The quantitative estimate of drug-likeness (QED) is 0.186. The Labute approximate surface area is 162 Å². The van der Waals surface area contributed by atoms with Crippen molar-refractivity contribution in [2.75, 3.05) is 13.2 Å². The molecule has 8 atom stereocenters. The highest BCUT2D eigenvalue weighted by Crippen LogP contribution is 2.27. The molecule has 29 heavy (non-hydrogen) atoms. The van der Waals surface area contributed by atoms with Gasteiger partial charge in [0.05, 0.1) is 13.2 Å². The SMILES string of the molecule is O=C[C@H](O)[C@@H](O)[C@H](O)[C@H](O)CO.O=c1ccn([C@@H]2O[C@H](CO)[C@@H](O)[C@H]2O)c(=O)[nH]1. The second-order valence-corrected chi connectivity index (χ2v) is 6.10. The van der Waals surface area contributed by atoms with E-state index in [0.717, 1.165) is 16.8 Å². The summed E-state index contributed by atoms with van der Waals surface area (Å²) in [6.45, 7) is -1.24. The fourth-order valence-corrected chi connectivity index (χ4v) is 2.36. The van der Waals surface area contributed by atoms with Gasteiger partial charge in [-0.05, 0) is 0 Å². The van der Waals surface area contributed by atoms with E-state index < -0.39 is 73.4 Å².